The van der Waals surface area contributed by atoms with Crippen molar-refractivity contribution in [3.05, 3.63) is 48.3 Å². The highest BCUT2D eigenvalue weighted by Crippen LogP contribution is 2.39. The molecule has 0 bridgehead atoms. The van der Waals surface area contributed by atoms with Crippen molar-refractivity contribution in [1.82, 2.24) is 19.9 Å². The molecule has 2 aromatic heterocycles. The van der Waals surface area contributed by atoms with Gasteiger partial charge in [0.2, 0.25) is 0 Å². The molecular weight excluding hydrogens is 354 g/mol. The molecule has 0 atom stereocenters. The first-order valence-corrected chi connectivity index (χ1v) is 8.84. The van der Waals surface area contributed by atoms with E-state index in [0.29, 0.717) is 23.4 Å². The lowest BCUT2D eigenvalue weighted by molar-refractivity contribution is 0.261. The van der Waals surface area contributed by atoms with Crippen LogP contribution in [0.25, 0.3) is 33.1 Å². The van der Waals surface area contributed by atoms with Gasteiger partial charge in [-0.15, -0.1) is 0 Å². The highest BCUT2D eigenvalue weighted by atomic mass is 16.5. The van der Waals surface area contributed by atoms with Gasteiger partial charge in [-0.1, -0.05) is 0 Å². The van der Waals surface area contributed by atoms with Crippen molar-refractivity contribution in [3.63, 3.8) is 0 Å². The topological polar surface area (TPSA) is 98.1 Å². The van der Waals surface area contributed by atoms with E-state index in [4.69, 9.17) is 4.74 Å². The predicted octanol–water partition coefficient (Wildman–Crippen LogP) is 3.30. The van der Waals surface area contributed by atoms with Crippen molar-refractivity contribution in [2.45, 2.75) is 0 Å². The van der Waals surface area contributed by atoms with E-state index in [1.807, 2.05) is 32.3 Å². The third kappa shape index (κ3) is 3.21. The number of hydrogen-bond donors (Lipinski definition) is 2. The van der Waals surface area contributed by atoms with E-state index in [2.05, 4.69) is 25.9 Å². The van der Waals surface area contributed by atoms with Gasteiger partial charge in [-0.2, -0.15) is 5.26 Å². The summed E-state index contributed by atoms with van der Waals surface area (Å²) < 4.78 is 5.79. The van der Waals surface area contributed by atoms with E-state index in [9.17, 15) is 10.4 Å². The molecule has 0 saturated heterocycles. The minimum Gasteiger partial charge on any atom is -0.494 e. The Balaban J connectivity index is 1.80. The number of hydrogen-bond acceptors (Lipinski definition) is 6. The molecule has 2 aromatic carbocycles. The number of likely N-dealkylation sites (N-methyl/N-ethyl adjacent to an activating group) is 1. The minimum absolute atomic E-state index is 0.0106. The third-order valence-corrected chi connectivity index (χ3v) is 4.56. The second-order valence-corrected chi connectivity index (χ2v) is 6.77. The lowest BCUT2D eigenvalue weighted by Gasteiger charge is -2.12. The van der Waals surface area contributed by atoms with Gasteiger partial charge in [-0.25, -0.2) is 9.97 Å². The zero-order chi connectivity index (χ0) is 19.7. The first kappa shape index (κ1) is 17.8. The normalized spacial score (nSPS) is 11.2. The van der Waals surface area contributed by atoms with Crippen LogP contribution in [0.5, 0.6) is 11.6 Å². The average Bonchev–Trinajstić information content (AvgIpc) is 3.01. The number of nitrogens with zero attached hydrogens (tertiary/aromatic N) is 4. The van der Waals surface area contributed by atoms with Crippen LogP contribution in [-0.4, -0.2) is 52.2 Å². The molecule has 7 heteroatoms. The summed E-state index contributed by atoms with van der Waals surface area (Å²) in [7, 11) is 3.99. The maximum atomic E-state index is 10.5. The van der Waals surface area contributed by atoms with Crippen molar-refractivity contribution in [1.29, 1.82) is 5.26 Å². The largest absolute Gasteiger partial charge is 0.494 e. The lowest BCUT2D eigenvalue weighted by atomic mass is 10.0. The molecule has 0 saturated carbocycles. The van der Waals surface area contributed by atoms with Crippen molar-refractivity contribution < 1.29 is 9.84 Å². The van der Waals surface area contributed by atoms with Gasteiger partial charge in [-0.3, -0.25) is 0 Å². The Morgan fingerprint density at radius 3 is 2.79 bits per heavy atom. The Hall–Kier alpha value is -3.63. The van der Waals surface area contributed by atoms with Crippen LogP contribution in [0.3, 0.4) is 0 Å². The molecule has 0 spiro atoms. The molecule has 0 aliphatic carbocycles. The van der Waals surface area contributed by atoms with Gasteiger partial charge in [0.15, 0.2) is 5.88 Å². The molecular formula is C21H19N5O2. The third-order valence-electron chi connectivity index (χ3n) is 4.56. The maximum absolute atomic E-state index is 10.5. The molecule has 0 unspecified atom stereocenters. The molecule has 4 aromatic rings. The molecule has 4 rings (SSSR count). The van der Waals surface area contributed by atoms with Gasteiger partial charge in [0.25, 0.3) is 0 Å². The van der Waals surface area contributed by atoms with Gasteiger partial charge < -0.3 is 19.7 Å². The Bertz CT molecular complexity index is 1210. The van der Waals surface area contributed by atoms with E-state index in [1.165, 1.54) is 6.33 Å². The van der Waals surface area contributed by atoms with E-state index in [-0.39, 0.29) is 5.88 Å². The number of ether oxygens (including phenoxy) is 1. The zero-order valence-electron chi connectivity index (χ0n) is 15.6. The van der Waals surface area contributed by atoms with Crippen LogP contribution >= 0.6 is 0 Å². The Kier molecular flexibility index (Phi) is 4.55. The summed E-state index contributed by atoms with van der Waals surface area (Å²) in [6.45, 7) is 1.40. The first-order valence-electron chi connectivity index (χ1n) is 8.84. The summed E-state index contributed by atoms with van der Waals surface area (Å²) >= 11 is 0. The minimum atomic E-state index is 0.0106. The van der Waals surface area contributed by atoms with E-state index >= 15 is 0 Å². The van der Waals surface area contributed by atoms with Crippen LogP contribution in [0.15, 0.2) is 42.7 Å². The number of H-pyrrole nitrogens is 1. The smallest absolute Gasteiger partial charge is 0.199 e. The first-order chi connectivity index (χ1) is 13.6. The number of nitrogens with one attached hydrogen (secondary N) is 1. The Labute approximate surface area is 161 Å². The van der Waals surface area contributed by atoms with Crippen LogP contribution in [-0.2, 0) is 0 Å². The molecule has 28 heavy (non-hydrogen) atoms. The highest BCUT2D eigenvalue weighted by molar-refractivity contribution is 6.05. The summed E-state index contributed by atoms with van der Waals surface area (Å²) in [5, 5.41) is 21.2. The van der Waals surface area contributed by atoms with Gasteiger partial charge in [-0.05, 0) is 44.4 Å². The SMILES string of the molecule is CN(C)CCOc1ccc2c(-c3c(O)[nH]c4ccc(C#N)cc34)ncnc2c1. The second-order valence-electron chi connectivity index (χ2n) is 6.77. The molecule has 0 fully saturated rings. The molecule has 0 aliphatic heterocycles. The second kappa shape index (κ2) is 7.18. The molecule has 0 radical (unpaired) electrons. The Morgan fingerprint density at radius 1 is 1.14 bits per heavy atom. The van der Waals surface area contributed by atoms with Gasteiger partial charge in [0, 0.05) is 28.9 Å². The number of benzene rings is 2. The van der Waals surface area contributed by atoms with Crippen LogP contribution in [0.2, 0.25) is 0 Å². The van der Waals surface area contributed by atoms with Gasteiger partial charge in [0.05, 0.1) is 28.4 Å². The summed E-state index contributed by atoms with van der Waals surface area (Å²) in [6, 6.07) is 13.0. The van der Waals surface area contributed by atoms with E-state index in [0.717, 1.165) is 34.1 Å². The molecule has 7 nitrogen and oxygen atoms in total. The van der Waals surface area contributed by atoms with Crippen LogP contribution in [0, 0.1) is 11.3 Å². The van der Waals surface area contributed by atoms with Crippen molar-refractivity contribution in [2.24, 2.45) is 0 Å². The number of nitriles is 1. The van der Waals surface area contributed by atoms with Crippen molar-refractivity contribution in [3.8, 4) is 29.0 Å². The highest BCUT2D eigenvalue weighted by Gasteiger charge is 2.18. The summed E-state index contributed by atoms with van der Waals surface area (Å²) in [6.07, 6.45) is 1.47. The molecule has 0 amide bonds. The number of aromatic hydroxyl groups is 1. The zero-order valence-corrected chi connectivity index (χ0v) is 15.6. The van der Waals surface area contributed by atoms with Crippen molar-refractivity contribution >= 4 is 21.8 Å². The number of rotatable bonds is 5. The fourth-order valence-electron chi connectivity index (χ4n) is 3.16. The molecule has 0 aliphatic rings. The van der Waals surface area contributed by atoms with Gasteiger partial charge in [0.1, 0.15) is 18.7 Å². The predicted molar refractivity (Wildman–Crippen MR) is 107 cm³/mol. The van der Waals surface area contributed by atoms with E-state index in [1.54, 1.807) is 18.2 Å². The fourth-order valence-corrected chi connectivity index (χ4v) is 3.16. The number of aromatic amines is 1. The van der Waals surface area contributed by atoms with Gasteiger partial charge >= 0.3 is 0 Å². The van der Waals surface area contributed by atoms with Crippen LogP contribution in [0.4, 0.5) is 0 Å². The number of aromatic nitrogens is 3. The monoisotopic (exact) mass is 373 g/mol. The van der Waals surface area contributed by atoms with Crippen molar-refractivity contribution in [2.75, 3.05) is 27.2 Å². The average molecular weight is 373 g/mol. The standard InChI is InChI=1S/C21H19N5O2/c1-26(2)7-8-28-14-4-5-15-18(10-14)23-12-24-20(15)19-16-9-13(11-22)3-6-17(16)25-21(19)27/h3-6,9-10,12,25,27H,7-8H2,1-2H3. The summed E-state index contributed by atoms with van der Waals surface area (Å²) in [5.74, 6) is 0.741. The summed E-state index contributed by atoms with van der Waals surface area (Å²) in [5.41, 5.74) is 3.13. The van der Waals surface area contributed by atoms with Crippen LogP contribution in [0.1, 0.15) is 5.56 Å². The number of fused-ring (bicyclic) bond motifs is 2. The van der Waals surface area contributed by atoms with Crippen LogP contribution < -0.4 is 4.74 Å². The summed E-state index contributed by atoms with van der Waals surface area (Å²) in [4.78, 5) is 13.8. The Morgan fingerprint density at radius 2 is 2.00 bits per heavy atom. The maximum Gasteiger partial charge on any atom is 0.199 e. The molecule has 2 N–H and O–H groups in total. The lowest BCUT2D eigenvalue weighted by Crippen LogP contribution is -2.19. The fraction of sp³-hybridized carbons (Fsp3) is 0.190. The van der Waals surface area contributed by atoms with E-state index < -0.39 is 0 Å². The molecule has 2 heterocycles. The molecule has 140 valence electrons. The quantitative estimate of drug-likeness (QED) is 0.557.